The van der Waals surface area contributed by atoms with Crippen molar-refractivity contribution in [3.05, 3.63) is 0 Å². The maximum atomic E-state index is 10.9. The third-order valence-electron chi connectivity index (χ3n) is 1.81. The number of carbonyl (C=O) groups excluding carboxylic acids is 1. The van der Waals surface area contributed by atoms with Crippen molar-refractivity contribution in [2.24, 2.45) is 5.92 Å². The first-order chi connectivity index (χ1) is 4.74. The average Bonchev–Trinajstić information content (AvgIpc) is 1.95. The van der Waals surface area contributed by atoms with Crippen molar-refractivity contribution in [3.63, 3.8) is 0 Å². The van der Waals surface area contributed by atoms with E-state index in [2.05, 4.69) is 5.32 Å². The second-order valence-electron chi connectivity index (χ2n) is 2.67. The highest BCUT2D eigenvalue weighted by Gasteiger charge is 2.23. The normalized spacial score (nSPS) is 32.6. The van der Waals surface area contributed by atoms with Crippen molar-refractivity contribution in [1.82, 2.24) is 5.32 Å². The van der Waals surface area contributed by atoms with Crippen LogP contribution < -0.4 is 5.32 Å². The molecule has 0 aromatic rings. The number of nitrogens with one attached hydrogen (secondary N) is 1. The third-order valence-corrected chi connectivity index (χ3v) is 1.81. The predicted octanol–water partition coefficient (Wildman–Crippen LogP) is 0.425. The Morgan fingerprint density at radius 3 is 2.90 bits per heavy atom. The van der Waals surface area contributed by atoms with Crippen molar-refractivity contribution >= 4 is 5.91 Å². The van der Waals surface area contributed by atoms with Gasteiger partial charge in [0.1, 0.15) is 6.04 Å². The summed E-state index contributed by atoms with van der Waals surface area (Å²) in [5.41, 5.74) is 0. The van der Waals surface area contributed by atoms with Gasteiger partial charge in [0.25, 0.3) is 0 Å². The molecule has 0 radical (unpaired) electrons. The van der Waals surface area contributed by atoms with Gasteiger partial charge in [-0.1, -0.05) is 6.92 Å². The van der Waals surface area contributed by atoms with Gasteiger partial charge in [-0.2, -0.15) is 5.26 Å². The van der Waals surface area contributed by atoms with Gasteiger partial charge in [-0.25, -0.2) is 0 Å². The van der Waals surface area contributed by atoms with Crippen LogP contribution >= 0.6 is 0 Å². The summed E-state index contributed by atoms with van der Waals surface area (Å²) in [5.74, 6) is 0.0994. The van der Waals surface area contributed by atoms with Crippen LogP contribution in [0.5, 0.6) is 0 Å². The minimum Gasteiger partial charge on any atom is -0.340 e. The molecule has 1 rings (SSSR count). The smallest absolute Gasteiger partial charge is 0.223 e. The summed E-state index contributed by atoms with van der Waals surface area (Å²) < 4.78 is 0. The molecular weight excluding hydrogens is 128 g/mol. The lowest BCUT2D eigenvalue weighted by Crippen LogP contribution is -2.42. The van der Waals surface area contributed by atoms with Crippen LogP contribution in [0.2, 0.25) is 0 Å². The molecule has 1 fully saturated rings. The summed E-state index contributed by atoms with van der Waals surface area (Å²) in [4.78, 5) is 10.9. The van der Waals surface area contributed by atoms with Crippen LogP contribution in [0.1, 0.15) is 19.8 Å². The Kier molecular flexibility index (Phi) is 1.91. The minimum atomic E-state index is -0.247. The Morgan fingerprint density at radius 2 is 2.40 bits per heavy atom. The largest absolute Gasteiger partial charge is 0.340 e. The van der Waals surface area contributed by atoms with E-state index >= 15 is 0 Å². The van der Waals surface area contributed by atoms with Gasteiger partial charge in [-0.3, -0.25) is 4.79 Å². The molecule has 1 aliphatic heterocycles. The summed E-state index contributed by atoms with van der Waals surface area (Å²) in [6.07, 6.45) is 1.63. The standard InChI is InChI=1S/C7H10N2O/c1-5-2-3-6(4-8)9-7(5)10/h5-6H,2-3H2,1H3,(H,9,10)/t5-,6+/m1/s1. The van der Waals surface area contributed by atoms with Crippen molar-refractivity contribution in [2.45, 2.75) is 25.8 Å². The molecular formula is C7H10N2O. The molecule has 0 bridgehead atoms. The highest BCUT2D eigenvalue weighted by atomic mass is 16.2. The van der Waals surface area contributed by atoms with E-state index in [1.54, 1.807) is 0 Å². The molecule has 1 amide bonds. The number of hydrogen-bond donors (Lipinski definition) is 1. The monoisotopic (exact) mass is 138 g/mol. The molecule has 0 aromatic heterocycles. The Bertz CT molecular complexity index is 183. The summed E-state index contributed by atoms with van der Waals surface area (Å²) in [5, 5.41) is 11.0. The van der Waals surface area contributed by atoms with Gasteiger partial charge in [0, 0.05) is 5.92 Å². The van der Waals surface area contributed by atoms with Crippen LogP contribution in [0, 0.1) is 17.2 Å². The van der Waals surface area contributed by atoms with E-state index in [-0.39, 0.29) is 17.9 Å². The van der Waals surface area contributed by atoms with Gasteiger partial charge < -0.3 is 5.32 Å². The molecule has 54 valence electrons. The fraction of sp³-hybridized carbons (Fsp3) is 0.714. The molecule has 1 N–H and O–H groups in total. The van der Waals surface area contributed by atoms with E-state index in [0.717, 1.165) is 12.8 Å². The number of nitrogens with zero attached hydrogens (tertiary/aromatic N) is 1. The second-order valence-corrected chi connectivity index (χ2v) is 2.67. The Balaban J connectivity index is 2.50. The highest BCUT2D eigenvalue weighted by molar-refractivity contribution is 5.79. The molecule has 1 aliphatic rings. The summed E-state index contributed by atoms with van der Waals surface area (Å²) >= 11 is 0. The van der Waals surface area contributed by atoms with Gasteiger partial charge in [-0.05, 0) is 12.8 Å². The third kappa shape index (κ3) is 1.27. The zero-order chi connectivity index (χ0) is 7.56. The van der Waals surface area contributed by atoms with E-state index in [9.17, 15) is 4.79 Å². The van der Waals surface area contributed by atoms with Gasteiger partial charge in [0.05, 0.1) is 6.07 Å². The molecule has 1 heterocycles. The molecule has 3 heteroatoms. The zero-order valence-corrected chi connectivity index (χ0v) is 5.92. The zero-order valence-electron chi connectivity index (χ0n) is 5.92. The topological polar surface area (TPSA) is 52.9 Å². The van der Waals surface area contributed by atoms with E-state index < -0.39 is 0 Å². The molecule has 0 aliphatic carbocycles. The number of nitriles is 1. The van der Waals surface area contributed by atoms with Crippen molar-refractivity contribution in [1.29, 1.82) is 5.26 Å². The predicted molar refractivity (Wildman–Crippen MR) is 35.9 cm³/mol. The Morgan fingerprint density at radius 1 is 1.70 bits per heavy atom. The SMILES string of the molecule is C[C@@H]1CC[C@@H](C#N)NC1=O. The van der Waals surface area contributed by atoms with Crippen molar-refractivity contribution < 1.29 is 4.79 Å². The number of amides is 1. The summed E-state index contributed by atoms with van der Waals surface area (Å²) in [6, 6.07) is 1.78. The van der Waals surface area contributed by atoms with Crippen molar-refractivity contribution in [2.75, 3.05) is 0 Å². The molecule has 3 nitrogen and oxygen atoms in total. The lowest BCUT2D eigenvalue weighted by molar-refractivity contribution is -0.126. The molecule has 1 saturated heterocycles. The van der Waals surface area contributed by atoms with Crippen LogP contribution in [0.15, 0.2) is 0 Å². The highest BCUT2D eigenvalue weighted by Crippen LogP contribution is 2.13. The first-order valence-corrected chi connectivity index (χ1v) is 3.44. The van der Waals surface area contributed by atoms with E-state index in [0.29, 0.717) is 0 Å². The Labute approximate surface area is 60.0 Å². The Hall–Kier alpha value is -1.04. The van der Waals surface area contributed by atoms with E-state index in [4.69, 9.17) is 5.26 Å². The molecule has 10 heavy (non-hydrogen) atoms. The van der Waals surface area contributed by atoms with Crippen LogP contribution in [-0.4, -0.2) is 11.9 Å². The van der Waals surface area contributed by atoms with Crippen molar-refractivity contribution in [3.8, 4) is 6.07 Å². The van der Waals surface area contributed by atoms with E-state index in [1.807, 2.05) is 13.0 Å². The lowest BCUT2D eigenvalue weighted by atomic mass is 9.96. The van der Waals surface area contributed by atoms with Gasteiger partial charge >= 0.3 is 0 Å². The molecule has 0 aromatic carbocycles. The summed E-state index contributed by atoms with van der Waals surface area (Å²) in [6.45, 7) is 1.88. The molecule has 0 unspecified atom stereocenters. The molecule has 0 spiro atoms. The quantitative estimate of drug-likeness (QED) is 0.527. The molecule has 0 saturated carbocycles. The number of rotatable bonds is 0. The number of hydrogen-bond acceptors (Lipinski definition) is 2. The molecule has 2 atom stereocenters. The van der Waals surface area contributed by atoms with Gasteiger partial charge in [0.2, 0.25) is 5.91 Å². The van der Waals surface area contributed by atoms with E-state index in [1.165, 1.54) is 0 Å². The first kappa shape index (κ1) is 7.07. The van der Waals surface area contributed by atoms with Gasteiger partial charge in [0.15, 0.2) is 0 Å². The number of piperidine rings is 1. The van der Waals surface area contributed by atoms with Crippen LogP contribution in [0.3, 0.4) is 0 Å². The van der Waals surface area contributed by atoms with Crippen LogP contribution in [0.4, 0.5) is 0 Å². The average molecular weight is 138 g/mol. The maximum absolute atomic E-state index is 10.9. The first-order valence-electron chi connectivity index (χ1n) is 3.44. The summed E-state index contributed by atoms with van der Waals surface area (Å²) in [7, 11) is 0. The lowest BCUT2D eigenvalue weighted by Gasteiger charge is -2.21. The van der Waals surface area contributed by atoms with Gasteiger partial charge in [-0.15, -0.1) is 0 Å². The second kappa shape index (κ2) is 2.70. The maximum Gasteiger partial charge on any atom is 0.223 e. The van der Waals surface area contributed by atoms with Crippen LogP contribution in [-0.2, 0) is 4.79 Å². The minimum absolute atomic E-state index is 0.0119. The fourth-order valence-electron chi connectivity index (χ4n) is 1.03. The number of carbonyl (C=O) groups is 1. The van der Waals surface area contributed by atoms with Crippen LogP contribution in [0.25, 0.3) is 0 Å². The fourth-order valence-corrected chi connectivity index (χ4v) is 1.03.